The van der Waals surface area contributed by atoms with E-state index in [0.29, 0.717) is 0 Å². The van der Waals surface area contributed by atoms with Gasteiger partial charge >= 0.3 is 0 Å². The number of fused-ring (bicyclic) bond motifs is 1. The number of hydrogen-bond donors (Lipinski definition) is 0. The van der Waals surface area contributed by atoms with Crippen molar-refractivity contribution in [2.24, 2.45) is 0 Å². The lowest BCUT2D eigenvalue weighted by Crippen LogP contribution is -1.86. The lowest BCUT2D eigenvalue weighted by molar-refractivity contribution is 0.415. The summed E-state index contributed by atoms with van der Waals surface area (Å²) in [5.41, 5.74) is 5.55. The molecule has 5 heteroatoms. The SMILES string of the molecule is COc1ccc(-c2ccc(C#Cc3cccnc3)c3nsnc23)cc1. The summed E-state index contributed by atoms with van der Waals surface area (Å²) in [5.74, 6) is 7.14. The normalized spacial score (nSPS) is 10.3. The van der Waals surface area contributed by atoms with E-state index in [4.69, 9.17) is 4.74 Å². The molecule has 0 aliphatic rings. The topological polar surface area (TPSA) is 47.9 Å². The molecule has 0 bridgehead atoms. The van der Waals surface area contributed by atoms with Crippen molar-refractivity contribution in [2.45, 2.75) is 0 Å². The van der Waals surface area contributed by atoms with Crippen molar-refractivity contribution >= 4 is 22.8 Å². The third-order valence-electron chi connectivity index (χ3n) is 3.82. The number of methoxy groups -OCH3 is 1. The smallest absolute Gasteiger partial charge is 0.121 e. The zero-order valence-corrected chi connectivity index (χ0v) is 14.2. The van der Waals surface area contributed by atoms with Gasteiger partial charge in [0.25, 0.3) is 0 Å². The number of aromatic nitrogens is 3. The van der Waals surface area contributed by atoms with Gasteiger partial charge in [-0.3, -0.25) is 4.98 Å². The molecule has 0 atom stereocenters. The Kier molecular flexibility index (Phi) is 4.11. The molecule has 0 spiro atoms. The molecule has 4 aromatic rings. The minimum Gasteiger partial charge on any atom is -0.497 e. The summed E-state index contributed by atoms with van der Waals surface area (Å²) in [7, 11) is 1.66. The predicted octanol–water partition coefficient (Wildman–Crippen LogP) is 4.16. The highest BCUT2D eigenvalue weighted by atomic mass is 32.1. The van der Waals surface area contributed by atoms with E-state index in [2.05, 4.69) is 25.6 Å². The zero-order valence-electron chi connectivity index (χ0n) is 13.4. The van der Waals surface area contributed by atoms with Gasteiger partial charge in [-0.15, -0.1) is 0 Å². The number of ether oxygens (including phenoxy) is 1. The van der Waals surface area contributed by atoms with Crippen LogP contribution in [0.3, 0.4) is 0 Å². The molecule has 4 rings (SSSR count). The predicted molar refractivity (Wildman–Crippen MR) is 99.6 cm³/mol. The molecule has 0 aliphatic carbocycles. The van der Waals surface area contributed by atoms with Crippen molar-refractivity contribution in [1.82, 2.24) is 13.7 Å². The number of pyridine rings is 1. The van der Waals surface area contributed by atoms with Crippen LogP contribution in [0.1, 0.15) is 11.1 Å². The van der Waals surface area contributed by atoms with Crippen molar-refractivity contribution in [1.29, 1.82) is 0 Å². The molecule has 0 radical (unpaired) electrons. The fourth-order valence-corrected chi connectivity index (χ4v) is 3.12. The van der Waals surface area contributed by atoms with Gasteiger partial charge in [0.1, 0.15) is 16.8 Å². The standard InChI is InChI=1S/C20H13N3OS/c1-24-17-9-6-15(7-10-17)18-11-8-16(19-20(18)23-25-22-19)5-4-14-3-2-12-21-13-14/h2-3,6-13H,1H3. The lowest BCUT2D eigenvalue weighted by atomic mass is 10.0. The van der Waals surface area contributed by atoms with Crippen molar-refractivity contribution < 1.29 is 4.74 Å². The second kappa shape index (κ2) is 6.71. The first-order valence-corrected chi connectivity index (χ1v) is 8.40. The van der Waals surface area contributed by atoms with Crippen LogP contribution in [0.2, 0.25) is 0 Å². The van der Waals surface area contributed by atoms with Gasteiger partial charge < -0.3 is 4.74 Å². The van der Waals surface area contributed by atoms with Crippen molar-refractivity contribution in [2.75, 3.05) is 7.11 Å². The summed E-state index contributed by atoms with van der Waals surface area (Å²) in [6.45, 7) is 0. The van der Waals surface area contributed by atoms with Gasteiger partial charge in [-0.1, -0.05) is 30.0 Å². The monoisotopic (exact) mass is 343 g/mol. The van der Waals surface area contributed by atoms with Crippen LogP contribution in [0.5, 0.6) is 5.75 Å². The molecule has 0 saturated heterocycles. The van der Waals surface area contributed by atoms with Crippen LogP contribution in [0, 0.1) is 11.8 Å². The van der Waals surface area contributed by atoms with Crippen molar-refractivity contribution in [3.8, 4) is 28.7 Å². The Morgan fingerprint density at radius 2 is 1.76 bits per heavy atom. The number of rotatable bonds is 2. The summed E-state index contributed by atoms with van der Waals surface area (Å²) in [4.78, 5) is 4.08. The Morgan fingerprint density at radius 1 is 0.920 bits per heavy atom. The Hall–Kier alpha value is -3.23. The summed E-state index contributed by atoms with van der Waals surface area (Å²) in [6.07, 6.45) is 3.48. The molecule has 0 fully saturated rings. The Labute approximate surface area is 149 Å². The first kappa shape index (κ1) is 15.3. The fraction of sp³-hybridized carbons (Fsp3) is 0.0500. The van der Waals surface area contributed by atoms with E-state index in [1.54, 1.807) is 19.5 Å². The Morgan fingerprint density at radius 3 is 2.52 bits per heavy atom. The lowest BCUT2D eigenvalue weighted by Gasteiger charge is -2.05. The molecule has 2 aromatic heterocycles. The molecule has 0 saturated carbocycles. The molecule has 2 aromatic carbocycles. The molecule has 0 amide bonds. The second-order valence-corrected chi connectivity index (χ2v) is 5.87. The van der Waals surface area contributed by atoms with Gasteiger partial charge in [0.15, 0.2) is 0 Å². The van der Waals surface area contributed by atoms with E-state index in [1.807, 2.05) is 48.5 Å². The van der Waals surface area contributed by atoms with Gasteiger partial charge in [-0.25, -0.2) is 0 Å². The third-order valence-corrected chi connectivity index (χ3v) is 4.35. The van der Waals surface area contributed by atoms with Crippen LogP contribution in [0.15, 0.2) is 60.9 Å². The number of benzene rings is 2. The zero-order chi connectivity index (χ0) is 17.1. The van der Waals surface area contributed by atoms with Gasteiger partial charge in [-0.05, 0) is 35.9 Å². The van der Waals surface area contributed by atoms with Crippen LogP contribution in [0.25, 0.3) is 22.2 Å². The van der Waals surface area contributed by atoms with Crippen LogP contribution in [-0.4, -0.2) is 20.8 Å². The molecular weight excluding hydrogens is 330 g/mol. The molecule has 25 heavy (non-hydrogen) atoms. The highest BCUT2D eigenvalue weighted by molar-refractivity contribution is 7.00. The van der Waals surface area contributed by atoms with Gasteiger partial charge in [0.05, 0.1) is 24.4 Å². The summed E-state index contributed by atoms with van der Waals surface area (Å²) in [6, 6.07) is 15.8. The van der Waals surface area contributed by atoms with E-state index >= 15 is 0 Å². The minimum atomic E-state index is 0.828. The quantitative estimate of drug-likeness (QED) is 0.513. The molecule has 0 unspecified atom stereocenters. The Balaban J connectivity index is 1.78. The minimum absolute atomic E-state index is 0.828. The van der Waals surface area contributed by atoms with Gasteiger partial charge in [0.2, 0.25) is 0 Å². The maximum Gasteiger partial charge on any atom is 0.121 e. The van der Waals surface area contributed by atoms with Gasteiger partial charge in [0, 0.05) is 23.5 Å². The van der Waals surface area contributed by atoms with Crippen LogP contribution in [-0.2, 0) is 0 Å². The first-order chi connectivity index (χ1) is 12.3. The average Bonchev–Trinajstić information content (AvgIpc) is 3.17. The highest BCUT2D eigenvalue weighted by Crippen LogP contribution is 2.30. The Bertz CT molecular complexity index is 1080. The van der Waals surface area contributed by atoms with Gasteiger partial charge in [-0.2, -0.15) is 8.75 Å². The highest BCUT2D eigenvalue weighted by Gasteiger charge is 2.11. The van der Waals surface area contributed by atoms with Crippen LogP contribution < -0.4 is 4.74 Å². The second-order valence-electron chi connectivity index (χ2n) is 5.34. The average molecular weight is 343 g/mol. The molecule has 2 heterocycles. The summed E-state index contributed by atoms with van der Waals surface area (Å²) in [5, 5.41) is 0. The van der Waals surface area contributed by atoms with E-state index in [9.17, 15) is 0 Å². The number of hydrogen-bond acceptors (Lipinski definition) is 5. The van der Waals surface area contributed by atoms with Crippen LogP contribution in [0.4, 0.5) is 0 Å². The van der Waals surface area contributed by atoms with E-state index in [-0.39, 0.29) is 0 Å². The third kappa shape index (κ3) is 3.08. The largest absolute Gasteiger partial charge is 0.497 e. The van der Waals surface area contributed by atoms with E-state index in [0.717, 1.165) is 39.0 Å². The van der Waals surface area contributed by atoms with Crippen molar-refractivity contribution in [3.63, 3.8) is 0 Å². The molecule has 0 N–H and O–H groups in total. The maximum absolute atomic E-state index is 5.22. The van der Waals surface area contributed by atoms with Crippen molar-refractivity contribution in [3.05, 3.63) is 72.1 Å². The molecule has 120 valence electrons. The fourth-order valence-electron chi connectivity index (χ4n) is 2.55. The summed E-state index contributed by atoms with van der Waals surface area (Å²) < 4.78 is 14.1. The summed E-state index contributed by atoms with van der Waals surface area (Å²) >= 11 is 1.20. The maximum atomic E-state index is 5.22. The molecular formula is C20H13N3OS. The first-order valence-electron chi connectivity index (χ1n) is 7.67. The van der Waals surface area contributed by atoms with E-state index in [1.165, 1.54) is 11.7 Å². The number of nitrogens with zero attached hydrogens (tertiary/aromatic N) is 3. The van der Waals surface area contributed by atoms with Crippen LogP contribution >= 0.6 is 11.7 Å². The van der Waals surface area contributed by atoms with E-state index < -0.39 is 0 Å². The molecule has 0 aliphatic heterocycles. The molecule has 4 nitrogen and oxygen atoms in total.